The average molecular weight is 308 g/mol. The zero-order chi connectivity index (χ0) is 15.8. The summed E-state index contributed by atoms with van der Waals surface area (Å²) in [6.45, 7) is 3.53. The van der Waals surface area contributed by atoms with Crippen LogP contribution in [0.15, 0.2) is 29.7 Å². The molecule has 0 N–H and O–H groups in total. The molecule has 0 radical (unpaired) electrons. The Balaban J connectivity index is 2.89. The van der Waals surface area contributed by atoms with Crippen LogP contribution in [0.2, 0.25) is 0 Å². The monoisotopic (exact) mass is 308 g/mol. The number of ether oxygens (including phenoxy) is 1. The van der Waals surface area contributed by atoms with Crippen molar-refractivity contribution in [2.45, 2.75) is 18.7 Å². The van der Waals surface area contributed by atoms with Crippen molar-refractivity contribution < 1.29 is 17.9 Å². The van der Waals surface area contributed by atoms with Gasteiger partial charge in [0.15, 0.2) is 9.84 Å². The van der Waals surface area contributed by atoms with E-state index in [2.05, 4.69) is 4.98 Å². The van der Waals surface area contributed by atoms with Crippen LogP contribution < -0.4 is 0 Å². The van der Waals surface area contributed by atoms with Gasteiger partial charge in [0.25, 0.3) is 0 Å². The number of methoxy groups -OCH3 is 1. The lowest BCUT2D eigenvalue weighted by atomic mass is 10.0. The summed E-state index contributed by atoms with van der Waals surface area (Å²) in [5, 5.41) is 0. The molecule has 0 bridgehead atoms. The fourth-order valence-corrected chi connectivity index (χ4v) is 3.13. The molecule has 1 aromatic heterocycles. The van der Waals surface area contributed by atoms with E-state index in [1.807, 2.05) is 0 Å². The number of carbonyl (C=O) groups is 1. The Hall–Kier alpha value is -2.15. The molecule has 112 valence electrons. The van der Waals surface area contributed by atoms with Gasteiger partial charge in [-0.1, -0.05) is 0 Å². The zero-order valence-corrected chi connectivity index (χ0v) is 13.1. The molecule has 0 spiro atoms. The Morgan fingerprint density at radius 1 is 1.29 bits per heavy atom. The van der Waals surface area contributed by atoms with Gasteiger partial charge in [0.05, 0.1) is 29.6 Å². The van der Waals surface area contributed by atoms with Crippen molar-refractivity contribution in [2.75, 3.05) is 13.4 Å². The van der Waals surface area contributed by atoms with E-state index in [1.165, 1.54) is 19.5 Å². The van der Waals surface area contributed by atoms with Crippen molar-refractivity contribution in [3.05, 3.63) is 41.5 Å². The van der Waals surface area contributed by atoms with Crippen LogP contribution >= 0.6 is 0 Å². The maximum atomic E-state index is 12.1. The highest BCUT2D eigenvalue weighted by Gasteiger charge is 2.23. The third-order valence-corrected chi connectivity index (χ3v) is 4.51. The molecule has 1 aromatic carbocycles. The minimum atomic E-state index is -3.52. The number of hydrogen-bond donors (Lipinski definition) is 0. The third kappa shape index (κ3) is 2.69. The molecule has 2 rings (SSSR count). The first-order chi connectivity index (χ1) is 9.77. The van der Waals surface area contributed by atoms with E-state index in [0.717, 1.165) is 6.26 Å². The molecule has 6 nitrogen and oxygen atoms in total. The van der Waals surface area contributed by atoms with Gasteiger partial charge in [0.1, 0.15) is 0 Å². The van der Waals surface area contributed by atoms with E-state index in [9.17, 15) is 13.2 Å². The van der Waals surface area contributed by atoms with Crippen molar-refractivity contribution in [1.29, 1.82) is 0 Å². The van der Waals surface area contributed by atoms with E-state index in [-0.39, 0.29) is 10.5 Å². The summed E-state index contributed by atoms with van der Waals surface area (Å²) in [4.78, 5) is 15.8. The lowest BCUT2D eigenvalue weighted by molar-refractivity contribution is 0.0599. The molecule has 2 aromatic rings. The number of carbonyl (C=O) groups excluding carboxylic acids is 1. The number of hydrogen-bond acceptors (Lipinski definition) is 5. The van der Waals surface area contributed by atoms with Crippen LogP contribution in [-0.2, 0) is 14.6 Å². The molecule has 1 heterocycles. The standard InChI is InChI=1S/C14H16N2O4S/c1-9-10(2)13(16-6-5-15-8-16)12(21(4,18)19)7-11(9)14(17)20-3/h5-8H,1-4H3. The molecule has 21 heavy (non-hydrogen) atoms. The largest absolute Gasteiger partial charge is 0.465 e. The van der Waals surface area contributed by atoms with Crippen LogP contribution in [0.3, 0.4) is 0 Å². The number of rotatable bonds is 3. The van der Waals surface area contributed by atoms with Gasteiger partial charge in [-0.3, -0.25) is 0 Å². The second kappa shape index (κ2) is 5.33. The molecule has 7 heteroatoms. The Morgan fingerprint density at radius 2 is 1.95 bits per heavy atom. The van der Waals surface area contributed by atoms with E-state index >= 15 is 0 Å². The van der Waals surface area contributed by atoms with E-state index in [4.69, 9.17) is 4.74 Å². The minimum absolute atomic E-state index is 0.0731. The Bertz CT molecular complexity index is 793. The summed E-state index contributed by atoms with van der Waals surface area (Å²) in [6.07, 6.45) is 5.86. The van der Waals surface area contributed by atoms with Gasteiger partial charge >= 0.3 is 5.97 Å². The van der Waals surface area contributed by atoms with Gasteiger partial charge in [0, 0.05) is 18.6 Å². The van der Waals surface area contributed by atoms with Crippen LogP contribution in [0.25, 0.3) is 5.69 Å². The molecule has 0 aliphatic heterocycles. The van der Waals surface area contributed by atoms with Gasteiger partial charge in [-0.25, -0.2) is 18.2 Å². The summed E-state index contributed by atoms with van der Waals surface area (Å²) in [6, 6.07) is 1.36. The first kappa shape index (κ1) is 15.2. The Labute approximate surface area is 123 Å². The van der Waals surface area contributed by atoms with E-state index in [0.29, 0.717) is 16.8 Å². The van der Waals surface area contributed by atoms with Crippen molar-refractivity contribution in [1.82, 2.24) is 9.55 Å². The van der Waals surface area contributed by atoms with Gasteiger partial charge in [-0.05, 0) is 31.0 Å². The predicted molar refractivity (Wildman–Crippen MR) is 77.5 cm³/mol. The van der Waals surface area contributed by atoms with Crippen LogP contribution in [0.1, 0.15) is 21.5 Å². The topological polar surface area (TPSA) is 78.3 Å². The Kier molecular flexibility index (Phi) is 3.87. The van der Waals surface area contributed by atoms with Crippen LogP contribution in [0.4, 0.5) is 0 Å². The fourth-order valence-electron chi connectivity index (χ4n) is 2.19. The number of benzene rings is 1. The molecule has 0 fully saturated rings. The smallest absolute Gasteiger partial charge is 0.338 e. The van der Waals surface area contributed by atoms with Crippen LogP contribution in [0, 0.1) is 13.8 Å². The number of aromatic nitrogens is 2. The first-order valence-corrected chi connectivity index (χ1v) is 8.07. The third-order valence-electron chi connectivity index (χ3n) is 3.40. The van der Waals surface area contributed by atoms with Gasteiger partial charge in [0.2, 0.25) is 0 Å². The summed E-state index contributed by atoms with van der Waals surface area (Å²) >= 11 is 0. The van der Waals surface area contributed by atoms with Crippen molar-refractivity contribution in [3.8, 4) is 5.69 Å². The normalized spacial score (nSPS) is 11.4. The molecular weight excluding hydrogens is 292 g/mol. The molecule has 0 aliphatic rings. The number of sulfone groups is 1. The zero-order valence-electron chi connectivity index (χ0n) is 12.2. The van der Waals surface area contributed by atoms with Gasteiger partial charge < -0.3 is 9.30 Å². The quantitative estimate of drug-likeness (QED) is 0.806. The molecular formula is C14H16N2O4S. The molecule has 0 saturated carbocycles. The van der Waals surface area contributed by atoms with Gasteiger partial charge in [-0.2, -0.15) is 0 Å². The summed E-state index contributed by atoms with van der Waals surface area (Å²) < 4.78 is 30.5. The highest BCUT2D eigenvalue weighted by Crippen LogP contribution is 2.29. The van der Waals surface area contributed by atoms with E-state index < -0.39 is 15.8 Å². The number of nitrogens with zero attached hydrogens (tertiary/aromatic N) is 2. The minimum Gasteiger partial charge on any atom is -0.465 e. The lowest BCUT2D eigenvalue weighted by Gasteiger charge is -2.17. The molecule has 0 atom stereocenters. The first-order valence-electron chi connectivity index (χ1n) is 6.18. The van der Waals surface area contributed by atoms with Crippen LogP contribution in [-0.4, -0.2) is 37.3 Å². The maximum Gasteiger partial charge on any atom is 0.338 e. The van der Waals surface area contributed by atoms with E-state index in [1.54, 1.807) is 30.8 Å². The van der Waals surface area contributed by atoms with Gasteiger partial charge in [-0.15, -0.1) is 0 Å². The molecule has 0 saturated heterocycles. The van der Waals surface area contributed by atoms with Crippen LogP contribution in [0.5, 0.6) is 0 Å². The number of imidazole rings is 1. The summed E-state index contributed by atoms with van der Waals surface area (Å²) in [7, 11) is -2.25. The SMILES string of the molecule is COC(=O)c1cc(S(C)(=O)=O)c(-n2ccnc2)c(C)c1C. The Morgan fingerprint density at radius 3 is 2.43 bits per heavy atom. The van der Waals surface area contributed by atoms with Crippen molar-refractivity contribution in [3.63, 3.8) is 0 Å². The summed E-state index contributed by atoms with van der Waals surface area (Å²) in [5.74, 6) is -0.558. The molecule has 0 amide bonds. The second-order valence-corrected chi connectivity index (χ2v) is 6.74. The van der Waals surface area contributed by atoms with Crippen molar-refractivity contribution in [2.24, 2.45) is 0 Å². The lowest BCUT2D eigenvalue weighted by Crippen LogP contribution is -2.13. The fraction of sp³-hybridized carbons (Fsp3) is 0.286. The number of esters is 1. The average Bonchev–Trinajstić information content (AvgIpc) is 2.93. The molecule has 0 aliphatic carbocycles. The maximum absolute atomic E-state index is 12.1. The second-order valence-electron chi connectivity index (χ2n) is 4.75. The predicted octanol–water partition coefficient (Wildman–Crippen LogP) is 1.68. The highest BCUT2D eigenvalue weighted by molar-refractivity contribution is 7.90. The highest BCUT2D eigenvalue weighted by atomic mass is 32.2. The van der Waals surface area contributed by atoms with Crippen molar-refractivity contribution >= 4 is 15.8 Å². The summed E-state index contributed by atoms with van der Waals surface area (Å²) in [5.41, 5.74) is 2.12. The molecule has 0 unspecified atom stereocenters.